The molecule has 2 aromatic rings. The van der Waals surface area contributed by atoms with E-state index in [1.165, 1.54) is 18.3 Å². The number of aromatic nitrogens is 1. The number of nitrogen functional groups attached to an aromatic ring is 1. The molecule has 0 bridgehead atoms. The van der Waals surface area contributed by atoms with Crippen LogP contribution in [-0.4, -0.2) is 10.9 Å². The summed E-state index contributed by atoms with van der Waals surface area (Å²) in [6.07, 6.45) is 1.48. The second kappa shape index (κ2) is 5.38. The van der Waals surface area contributed by atoms with E-state index < -0.39 is 5.91 Å². The van der Waals surface area contributed by atoms with E-state index in [9.17, 15) is 4.79 Å². The first-order valence-electron chi connectivity index (χ1n) is 5.33. The van der Waals surface area contributed by atoms with Crippen LogP contribution < -0.4 is 11.1 Å². The van der Waals surface area contributed by atoms with Gasteiger partial charge in [0.15, 0.2) is 5.69 Å². The molecule has 0 saturated carbocycles. The van der Waals surface area contributed by atoms with Crippen molar-refractivity contribution in [3.05, 3.63) is 52.8 Å². The van der Waals surface area contributed by atoms with E-state index in [4.69, 9.17) is 22.6 Å². The molecule has 0 spiro atoms. The number of benzene rings is 1. The van der Waals surface area contributed by atoms with E-state index in [1.54, 1.807) is 18.2 Å². The fourth-order valence-corrected chi connectivity index (χ4v) is 1.65. The van der Waals surface area contributed by atoms with Gasteiger partial charge in [0.1, 0.15) is 6.07 Å². The molecule has 0 atom stereocenters. The lowest BCUT2D eigenvalue weighted by atomic mass is 10.2. The third-order valence-corrected chi connectivity index (χ3v) is 2.73. The average molecular weight is 273 g/mol. The number of hydrogen-bond acceptors (Lipinski definition) is 4. The number of carbonyl (C=O) groups is 1. The van der Waals surface area contributed by atoms with Gasteiger partial charge in [0.05, 0.1) is 16.3 Å². The van der Waals surface area contributed by atoms with Crippen molar-refractivity contribution < 1.29 is 4.79 Å². The van der Waals surface area contributed by atoms with Crippen LogP contribution in [0.15, 0.2) is 36.5 Å². The highest BCUT2D eigenvalue weighted by Gasteiger charge is 2.11. The molecular formula is C13H9ClN4O. The van der Waals surface area contributed by atoms with E-state index in [2.05, 4.69) is 10.3 Å². The summed E-state index contributed by atoms with van der Waals surface area (Å²) >= 11 is 5.81. The molecule has 1 heterocycles. The minimum atomic E-state index is -0.440. The van der Waals surface area contributed by atoms with Gasteiger partial charge in [0.25, 0.3) is 5.91 Å². The molecule has 0 saturated heterocycles. The van der Waals surface area contributed by atoms with Crippen LogP contribution in [-0.2, 0) is 0 Å². The number of amides is 1. The van der Waals surface area contributed by atoms with E-state index in [-0.39, 0.29) is 16.9 Å². The number of halogens is 1. The zero-order valence-corrected chi connectivity index (χ0v) is 10.5. The average Bonchev–Trinajstić information content (AvgIpc) is 2.41. The van der Waals surface area contributed by atoms with Gasteiger partial charge in [-0.15, -0.1) is 0 Å². The first-order valence-corrected chi connectivity index (χ1v) is 5.71. The lowest BCUT2D eigenvalue weighted by Gasteiger charge is -2.07. The molecule has 1 aromatic heterocycles. The number of pyridine rings is 1. The predicted octanol–water partition coefficient (Wildman–Crippen LogP) is 2.44. The van der Waals surface area contributed by atoms with Crippen molar-refractivity contribution in [3.63, 3.8) is 0 Å². The molecule has 2 rings (SSSR count). The molecule has 19 heavy (non-hydrogen) atoms. The summed E-state index contributed by atoms with van der Waals surface area (Å²) in [5, 5.41) is 11.8. The molecule has 0 radical (unpaired) electrons. The standard InChI is InChI=1S/C13H9ClN4O/c14-10-4-3-9(6-8(10)7-15)18-13(19)12-11(16)2-1-5-17-12/h1-6H,16H2,(H,18,19). The Kier molecular flexibility index (Phi) is 3.64. The number of nitrogens with zero attached hydrogens (tertiary/aromatic N) is 2. The zero-order valence-electron chi connectivity index (χ0n) is 9.72. The largest absolute Gasteiger partial charge is 0.397 e. The Balaban J connectivity index is 2.25. The van der Waals surface area contributed by atoms with Crippen LogP contribution in [0.3, 0.4) is 0 Å². The molecule has 1 aromatic carbocycles. The summed E-state index contributed by atoms with van der Waals surface area (Å²) in [5.41, 5.74) is 6.82. The highest BCUT2D eigenvalue weighted by Crippen LogP contribution is 2.20. The van der Waals surface area contributed by atoms with Gasteiger partial charge in [-0.3, -0.25) is 4.79 Å². The third-order valence-electron chi connectivity index (χ3n) is 2.40. The van der Waals surface area contributed by atoms with Crippen molar-refractivity contribution in [2.45, 2.75) is 0 Å². The molecular weight excluding hydrogens is 264 g/mol. The normalized spacial score (nSPS) is 9.68. The summed E-state index contributed by atoms with van der Waals surface area (Å²) < 4.78 is 0. The summed E-state index contributed by atoms with van der Waals surface area (Å²) in [6, 6.07) is 9.79. The highest BCUT2D eigenvalue weighted by atomic mass is 35.5. The first-order chi connectivity index (χ1) is 9.11. The summed E-state index contributed by atoms with van der Waals surface area (Å²) in [4.78, 5) is 15.9. The maximum atomic E-state index is 11.9. The topological polar surface area (TPSA) is 91.8 Å². The van der Waals surface area contributed by atoms with E-state index >= 15 is 0 Å². The monoisotopic (exact) mass is 272 g/mol. The van der Waals surface area contributed by atoms with Crippen LogP contribution in [0.25, 0.3) is 0 Å². The molecule has 94 valence electrons. The Morgan fingerprint density at radius 3 is 2.89 bits per heavy atom. The Hall–Kier alpha value is -2.58. The molecule has 0 unspecified atom stereocenters. The molecule has 0 aliphatic rings. The zero-order chi connectivity index (χ0) is 13.8. The highest BCUT2D eigenvalue weighted by molar-refractivity contribution is 6.31. The van der Waals surface area contributed by atoms with Gasteiger partial charge < -0.3 is 11.1 Å². The van der Waals surface area contributed by atoms with Crippen molar-refractivity contribution in [3.8, 4) is 6.07 Å². The van der Waals surface area contributed by atoms with Crippen LogP contribution in [0.4, 0.5) is 11.4 Å². The lowest BCUT2D eigenvalue weighted by Crippen LogP contribution is -2.15. The minimum Gasteiger partial charge on any atom is -0.397 e. The number of nitrogens with two attached hydrogens (primary N) is 1. The van der Waals surface area contributed by atoms with Crippen LogP contribution >= 0.6 is 11.6 Å². The lowest BCUT2D eigenvalue weighted by molar-refractivity contribution is 0.102. The van der Waals surface area contributed by atoms with Gasteiger partial charge in [0, 0.05) is 11.9 Å². The van der Waals surface area contributed by atoms with Gasteiger partial charge in [-0.2, -0.15) is 5.26 Å². The fraction of sp³-hybridized carbons (Fsp3) is 0. The van der Waals surface area contributed by atoms with Crippen molar-refractivity contribution in [1.29, 1.82) is 5.26 Å². The van der Waals surface area contributed by atoms with Crippen molar-refractivity contribution in [2.75, 3.05) is 11.1 Å². The second-order valence-corrected chi connectivity index (χ2v) is 4.11. The Bertz CT molecular complexity index is 679. The maximum Gasteiger partial charge on any atom is 0.276 e. The third kappa shape index (κ3) is 2.81. The summed E-state index contributed by atoms with van der Waals surface area (Å²) in [6.45, 7) is 0. The van der Waals surface area contributed by atoms with E-state index in [1.807, 2.05) is 6.07 Å². The van der Waals surface area contributed by atoms with Crippen molar-refractivity contribution in [2.24, 2.45) is 0 Å². The van der Waals surface area contributed by atoms with Gasteiger partial charge in [-0.25, -0.2) is 4.98 Å². The predicted molar refractivity (Wildman–Crippen MR) is 72.8 cm³/mol. The number of rotatable bonds is 2. The van der Waals surface area contributed by atoms with E-state index in [0.29, 0.717) is 10.7 Å². The smallest absolute Gasteiger partial charge is 0.276 e. The molecule has 1 amide bonds. The van der Waals surface area contributed by atoms with Gasteiger partial charge in [-0.1, -0.05) is 11.6 Å². The summed E-state index contributed by atoms with van der Waals surface area (Å²) in [7, 11) is 0. The van der Waals surface area contributed by atoms with Gasteiger partial charge in [0.2, 0.25) is 0 Å². The van der Waals surface area contributed by atoms with Crippen molar-refractivity contribution >= 4 is 28.9 Å². The van der Waals surface area contributed by atoms with Crippen molar-refractivity contribution in [1.82, 2.24) is 4.98 Å². The van der Waals surface area contributed by atoms with Crippen LogP contribution in [0.5, 0.6) is 0 Å². The Morgan fingerprint density at radius 1 is 1.42 bits per heavy atom. The minimum absolute atomic E-state index is 0.135. The SMILES string of the molecule is N#Cc1cc(NC(=O)c2ncccc2N)ccc1Cl. The fourth-order valence-electron chi connectivity index (χ4n) is 1.49. The van der Waals surface area contributed by atoms with Crippen LogP contribution in [0.1, 0.15) is 16.1 Å². The Labute approximate surface area is 114 Å². The summed E-state index contributed by atoms with van der Waals surface area (Å²) in [5.74, 6) is -0.440. The maximum absolute atomic E-state index is 11.9. The molecule has 3 N–H and O–H groups in total. The van der Waals surface area contributed by atoms with Gasteiger partial charge >= 0.3 is 0 Å². The molecule has 0 aliphatic heterocycles. The molecule has 6 heteroatoms. The molecule has 0 aliphatic carbocycles. The quantitative estimate of drug-likeness (QED) is 0.878. The number of carbonyl (C=O) groups excluding carboxylic acids is 1. The second-order valence-electron chi connectivity index (χ2n) is 3.70. The number of anilines is 2. The number of nitriles is 1. The molecule has 0 fully saturated rings. The molecule has 5 nitrogen and oxygen atoms in total. The number of nitrogens with one attached hydrogen (secondary N) is 1. The van der Waals surface area contributed by atoms with Gasteiger partial charge in [-0.05, 0) is 30.3 Å². The Morgan fingerprint density at radius 2 is 2.21 bits per heavy atom. The first kappa shape index (κ1) is 12.9. The van der Waals surface area contributed by atoms with E-state index in [0.717, 1.165) is 0 Å². The van der Waals surface area contributed by atoms with Crippen LogP contribution in [0, 0.1) is 11.3 Å². The van der Waals surface area contributed by atoms with Crippen LogP contribution in [0.2, 0.25) is 5.02 Å². The number of hydrogen-bond donors (Lipinski definition) is 2.